The molecule has 86 valence electrons. The molecule has 0 spiro atoms. The molecule has 1 heterocycles. The summed E-state index contributed by atoms with van der Waals surface area (Å²) in [5, 5.41) is 3.82. The number of carbonyl (C=O) groups is 1. The number of anilines is 1. The Hall–Kier alpha value is -1.06. The van der Waals surface area contributed by atoms with Gasteiger partial charge in [-0.1, -0.05) is 17.7 Å². The van der Waals surface area contributed by atoms with Gasteiger partial charge in [0.25, 0.3) is 0 Å². The average molecular weight is 239 g/mol. The Labute approximate surface area is 100 Å². The first-order valence-electron chi connectivity index (χ1n) is 5.40. The van der Waals surface area contributed by atoms with E-state index in [2.05, 4.69) is 10.2 Å². The molecule has 1 N–H and O–H groups in total. The third-order valence-corrected chi connectivity index (χ3v) is 2.99. The standard InChI is InChI=1S/C12H15ClN2O/c1-9-2-3-10(13)6-12(9)15-5-4-14-7-11(16)8-15/h2-3,6,14H,4-5,7-8H2,1H3. The fourth-order valence-electron chi connectivity index (χ4n) is 1.92. The predicted molar refractivity (Wildman–Crippen MR) is 66.3 cm³/mol. The van der Waals surface area contributed by atoms with Crippen molar-refractivity contribution in [3.05, 3.63) is 28.8 Å². The van der Waals surface area contributed by atoms with Gasteiger partial charge in [0.1, 0.15) is 0 Å². The Balaban J connectivity index is 2.27. The summed E-state index contributed by atoms with van der Waals surface area (Å²) in [6.45, 7) is 4.64. The van der Waals surface area contributed by atoms with E-state index in [1.807, 2.05) is 25.1 Å². The summed E-state index contributed by atoms with van der Waals surface area (Å²) in [7, 11) is 0. The van der Waals surface area contributed by atoms with Crippen molar-refractivity contribution < 1.29 is 4.79 Å². The molecule has 0 aliphatic carbocycles. The number of rotatable bonds is 1. The highest BCUT2D eigenvalue weighted by molar-refractivity contribution is 6.30. The van der Waals surface area contributed by atoms with Crippen LogP contribution in [0.3, 0.4) is 0 Å². The van der Waals surface area contributed by atoms with E-state index in [1.165, 1.54) is 0 Å². The molecule has 0 saturated carbocycles. The SMILES string of the molecule is Cc1ccc(Cl)cc1N1CCNCC(=O)C1. The number of hydrogen-bond acceptors (Lipinski definition) is 3. The van der Waals surface area contributed by atoms with Gasteiger partial charge >= 0.3 is 0 Å². The number of nitrogens with one attached hydrogen (secondary N) is 1. The fraction of sp³-hybridized carbons (Fsp3) is 0.417. The van der Waals surface area contributed by atoms with Crippen molar-refractivity contribution in [2.75, 3.05) is 31.1 Å². The zero-order valence-electron chi connectivity index (χ0n) is 9.29. The number of aryl methyl sites for hydroxylation is 1. The molecule has 0 unspecified atom stereocenters. The molecule has 0 amide bonds. The maximum absolute atomic E-state index is 11.5. The smallest absolute Gasteiger partial charge is 0.165 e. The van der Waals surface area contributed by atoms with E-state index >= 15 is 0 Å². The van der Waals surface area contributed by atoms with Crippen LogP contribution in [0.25, 0.3) is 0 Å². The summed E-state index contributed by atoms with van der Waals surface area (Å²) in [6.07, 6.45) is 0. The summed E-state index contributed by atoms with van der Waals surface area (Å²) >= 11 is 5.99. The molecule has 0 aromatic heterocycles. The minimum absolute atomic E-state index is 0.219. The van der Waals surface area contributed by atoms with E-state index in [4.69, 9.17) is 11.6 Å². The molecule has 1 fully saturated rings. The van der Waals surface area contributed by atoms with E-state index in [1.54, 1.807) is 0 Å². The van der Waals surface area contributed by atoms with Gasteiger partial charge in [0.2, 0.25) is 0 Å². The van der Waals surface area contributed by atoms with Crippen LogP contribution in [0.2, 0.25) is 5.02 Å². The first-order valence-corrected chi connectivity index (χ1v) is 5.78. The van der Waals surface area contributed by atoms with Crippen LogP contribution in [-0.4, -0.2) is 32.0 Å². The van der Waals surface area contributed by atoms with Gasteiger partial charge in [-0.25, -0.2) is 0 Å². The lowest BCUT2D eigenvalue weighted by Gasteiger charge is -2.23. The van der Waals surface area contributed by atoms with Crippen molar-refractivity contribution in [2.24, 2.45) is 0 Å². The Morgan fingerprint density at radius 1 is 1.44 bits per heavy atom. The van der Waals surface area contributed by atoms with Crippen molar-refractivity contribution in [1.82, 2.24) is 5.32 Å². The first-order chi connectivity index (χ1) is 7.66. The van der Waals surface area contributed by atoms with Crippen LogP contribution < -0.4 is 10.2 Å². The zero-order valence-corrected chi connectivity index (χ0v) is 10.0. The Morgan fingerprint density at radius 2 is 2.25 bits per heavy atom. The van der Waals surface area contributed by atoms with Crippen molar-refractivity contribution in [3.63, 3.8) is 0 Å². The van der Waals surface area contributed by atoms with Gasteiger partial charge in [-0.2, -0.15) is 0 Å². The second-order valence-electron chi connectivity index (χ2n) is 4.07. The lowest BCUT2D eigenvalue weighted by molar-refractivity contribution is -0.116. The molecule has 1 aliphatic rings. The minimum Gasteiger partial charge on any atom is -0.363 e. The molecule has 0 atom stereocenters. The number of carbonyl (C=O) groups excluding carboxylic acids is 1. The highest BCUT2D eigenvalue weighted by Crippen LogP contribution is 2.24. The van der Waals surface area contributed by atoms with Gasteiger partial charge in [-0.05, 0) is 24.6 Å². The van der Waals surface area contributed by atoms with E-state index < -0.39 is 0 Å². The number of halogens is 1. The quantitative estimate of drug-likeness (QED) is 0.807. The average Bonchev–Trinajstić information content (AvgIpc) is 2.46. The predicted octanol–water partition coefficient (Wildman–Crippen LogP) is 1.63. The third-order valence-electron chi connectivity index (χ3n) is 2.76. The summed E-state index contributed by atoms with van der Waals surface area (Å²) in [5.74, 6) is 0.219. The van der Waals surface area contributed by atoms with E-state index in [0.717, 1.165) is 24.3 Å². The van der Waals surface area contributed by atoms with Gasteiger partial charge in [0, 0.05) is 23.8 Å². The van der Waals surface area contributed by atoms with Gasteiger partial charge in [0.05, 0.1) is 13.1 Å². The van der Waals surface area contributed by atoms with Crippen LogP contribution in [0.1, 0.15) is 5.56 Å². The van der Waals surface area contributed by atoms with Crippen LogP contribution in [0.4, 0.5) is 5.69 Å². The highest BCUT2D eigenvalue weighted by atomic mass is 35.5. The van der Waals surface area contributed by atoms with E-state index in [0.29, 0.717) is 18.1 Å². The molecule has 4 heteroatoms. The number of nitrogens with zero attached hydrogens (tertiary/aromatic N) is 1. The Kier molecular flexibility index (Phi) is 3.46. The van der Waals surface area contributed by atoms with Gasteiger partial charge in [0.15, 0.2) is 5.78 Å². The number of Topliss-reactive ketones (excluding diaryl/α,β-unsaturated/α-hetero) is 1. The fourth-order valence-corrected chi connectivity index (χ4v) is 2.08. The maximum atomic E-state index is 11.5. The van der Waals surface area contributed by atoms with Crippen molar-refractivity contribution in [3.8, 4) is 0 Å². The maximum Gasteiger partial charge on any atom is 0.165 e. The first kappa shape index (κ1) is 11.4. The topological polar surface area (TPSA) is 32.3 Å². The van der Waals surface area contributed by atoms with Crippen LogP contribution in [-0.2, 0) is 4.79 Å². The Bertz CT molecular complexity index is 406. The largest absolute Gasteiger partial charge is 0.363 e. The number of hydrogen-bond donors (Lipinski definition) is 1. The molecule has 3 nitrogen and oxygen atoms in total. The van der Waals surface area contributed by atoms with Crippen LogP contribution in [0.15, 0.2) is 18.2 Å². The van der Waals surface area contributed by atoms with Gasteiger partial charge < -0.3 is 10.2 Å². The summed E-state index contributed by atoms with van der Waals surface area (Å²) in [5.41, 5.74) is 2.21. The van der Waals surface area contributed by atoms with Crippen molar-refractivity contribution in [2.45, 2.75) is 6.92 Å². The van der Waals surface area contributed by atoms with E-state index in [-0.39, 0.29) is 5.78 Å². The monoisotopic (exact) mass is 238 g/mol. The normalized spacial score (nSPS) is 17.4. The lowest BCUT2D eigenvalue weighted by atomic mass is 10.1. The Morgan fingerprint density at radius 3 is 3.06 bits per heavy atom. The molecule has 1 aromatic rings. The molecular formula is C12H15ClN2O. The third kappa shape index (κ3) is 2.54. The second kappa shape index (κ2) is 4.85. The summed E-state index contributed by atoms with van der Waals surface area (Å²) in [6, 6.07) is 5.79. The number of ketones is 1. The molecule has 16 heavy (non-hydrogen) atoms. The van der Waals surface area contributed by atoms with Crippen molar-refractivity contribution in [1.29, 1.82) is 0 Å². The van der Waals surface area contributed by atoms with Crippen LogP contribution >= 0.6 is 11.6 Å². The summed E-state index contributed by atoms with van der Waals surface area (Å²) < 4.78 is 0. The summed E-state index contributed by atoms with van der Waals surface area (Å²) in [4.78, 5) is 13.6. The molecule has 1 saturated heterocycles. The minimum atomic E-state index is 0.219. The molecule has 0 radical (unpaired) electrons. The molecule has 2 rings (SSSR count). The highest BCUT2D eigenvalue weighted by Gasteiger charge is 2.16. The van der Waals surface area contributed by atoms with Crippen molar-refractivity contribution >= 4 is 23.1 Å². The molecule has 0 bridgehead atoms. The van der Waals surface area contributed by atoms with Gasteiger partial charge in [-0.15, -0.1) is 0 Å². The molecular weight excluding hydrogens is 224 g/mol. The van der Waals surface area contributed by atoms with E-state index in [9.17, 15) is 4.79 Å². The number of benzene rings is 1. The van der Waals surface area contributed by atoms with Crippen LogP contribution in [0, 0.1) is 6.92 Å². The molecule has 1 aliphatic heterocycles. The molecule has 1 aromatic carbocycles. The van der Waals surface area contributed by atoms with Gasteiger partial charge in [-0.3, -0.25) is 4.79 Å². The zero-order chi connectivity index (χ0) is 11.5. The van der Waals surface area contributed by atoms with Crippen LogP contribution in [0.5, 0.6) is 0 Å². The second-order valence-corrected chi connectivity index (χ2v) is 4.50. The lowest BCUT2D eigenvalue weighted by Crippen LogP contribution is -2.30.